The first-order valence-corrected chi connectivity index (χ1v) is 7.97. The number of nitrogens with zero attached hydrogens (tertiary/aromatic N) is 1. The molecule has 4 nitrogen and oxygen atoms in total. The van der Waals surface area contributed by atoms with E-state index in [1.165, 1.54) is 5.56 Å². The minimum Gasteiger partial charge on any atom is -0.491 e. The molecule has 2 atom stereocenters. The van der Waals surface area contributed by atoms with E-state index in [0.717, 1.165) is 43.9 Å². The number of rotatable bonds is 6. The summed E-state index contributed by atoms with van der Waals surface area (Å²) in [6.07, 6.45) is 2.65. The number of anilines is 1. The van der Waals surface area contributed by atoms with E-state index < -0.39 is 0 Å². The zero-order chi connectivity index (χ0) is 15.2. The van der Waals surface area contributed by atoms with E-state index in [9.17, 15) is 0 Å². The normalized spacial score (nSPS) is 23.2. The van der Waals surface area contributed by atoms with Crippen LogP contribution in [0.5, 0.6) is 5.75 Å². The van der Waals surface area contributed by atoms with Gasteiger partial charge in [0.2, 0.25) is 0 Å². The Labute approximate surface area is 128 Å². The number of ether oxygens (including phenoxy) is 2. The Balaban J connectivity index is 1.87. The van der Waals surface area contributed by atoms with Crippen molar-refractivity contribution >= 4 is 5.69 Å². The molecule has 21 heavy (non-hydrogen) atoms. The van der Waals surface area contributed by atoms with E-state index in [4.69, 9.17) is 15.2 Å². The largest absolute Gasteiger partial charge is 0.491 e. The van der Waals surface area contributed by atoms with E-state index in [2.05, 4.69) is 31.7 Å². The van der Waals surface area contributed by atoms with Crippen LogP contribution >= 0.6 is 0 Å². The lowest BCUT2D eigenvalue weighted by molar-refractivity contribution is -0.0675. The van der Waals surface area contributed by atoms with Gasteiger partial charge in [-0.25, -0.2) is 0 Å². The second kappa shape index (κ2) is 7.66. The first-order valence-electron chi connectivity index (χ1n) is 7.97. The van der Waals surface area contributed by atoms with E-state index in [1.807, 2.05) is 12.1 Å². The van der Waals surface area contributed by atoms with Crippen LogP contribution in [-0.2, 0) is 11.2 Å². The van der Waals surface area contributed by atoms with Gasteiger partial charge in [-0.15, -0.1) is 0 Å². The van der Waals surface area contributed by atoms with Gasteiger partial charge in [0, 0.05) is 19.6 Å². The third-order valence-electron chi connectivity index (χ3n) is 3.75. The summed E-state index contributed by atoms with van der Waals surface area (Å²) < 4.78 is 11.4. The van der Waals surface area contributed by atoms with E-state index in [0.29, 0.717) is 18.8 Å². The molecule has 1 aromatic rings. The summed E-state index contributed by atoms with van der Waals surface area (Å²) in [6.45, 7) is 10.2. The Morgan fingerprint density at radius 2 is 2.00 bits per heavy atom. The van der Waals surface area contributed by atoms with Crippen LogP contribution in [0.1, 0.15) is 32.8 Å². The molecule has 1 saturated heterocycles. The third-order valence-corrected chi connectivity index (χ3v) is 3.75. The molecule has 2 unspecified atom stereocenters. The van der Waals surface area contributed by atoms with Gasteiger partial charge in [-0.1, -0.05) is 13.0 Å². The predicted octanol–water partition coefficient (Wildman–Crippen LogP) is 2.71. The average Bonchev–Trinajstić information content (AvgIpc) is 2.43. The first kappa shape index (κ1) is 16.1. The highest BCUT2D eigenvalue weighted by Gasteiger charge is 2.21. The summed E-state index contributed by atoms with van der Waals surface area (Å²) >= 11 is 0. The molecule has 1 fully saturated rings. The van der Waals surface area contributed by atoms with Gasteiger partial charge in [0.1, 0.15) is 5.75 Å². The molecule has 1 aromatic carbocycles. The Bertz CT molecular complexity index is 440. The monoisotopic (exact) mass is 292 g/mol. The van der Waals surface area contributed by atoms with Gasteiger partial charge in [-0.2, -0.15) is 0 Å². The third kappa shape index (κ3) is 4.90. The van der Waals surface area contributed by atoms with E-state index in [1.54, 1.807) is 0 Å². The van der Waals surface area contributed by atoms with Crippen molar-refractivity contribution in [2.45, 2.75) is 45.8 Å². The molecule has 0 radical (unpaired) electrons. The van der Waals surface area contributed by atoms with E-state index in [-0.39, 0.29) is 0 Å². The van der Waals surface area contributed by atoms with Crippen LogP contribution in [0.25, 0.3) is 0 Å². The van der Waals surface area contributed by atoms with Gasteiger partial charge in [0.05, 0.1) is 24.5 Å². The quantitative estimate of drug-likeness (QED) is 0.819. The SMILES string of the molecule is CCCOc1ccc(CCN2CC(C)OC(C)C2)cc1N. The average molecular weight is 292 g/mol. The molecule has 2 rings (SSSR count). The molecule has 0 aliphatic carbocycles. The molecule has 2 N–H and O–H groups in total. The second-order valence-electron chi connectivity index (χ2n) is 5.99. The highest BCUT2D eigenvalue weighted by Crippen LogP contribution is 2.23. The van der Waals surface area contributed by atoms with Crippen LogP contribution in [0, 0.1) is 0 Å². The van der Waals surface area contributed by atoms with Gasteiger partial charge in [0.15, 0.2) is 0 Å². The van der Waals surface area contributed by atoms with Crippen LogP contribution < -0.4 is 10.5 Å². The van der Waals surface area contributed by atoms with Crippen molar-refractivity contribution in [2.24, 2.45) is 0 Å². The van der Waals surface area contributed by atoms with Gasteiger partial charge >= 0.3 is 0 Å². The molecule has 0 aromatic heterocycles. The molecular weight excluding hydrogens is 264 g/mol. The number of morpholine rings is 1. The molecular formula is C17H28N2O2. The maximum atomic E-state index is 6.06. The Kier molecular flexibility index (Phi) is 5.88. The van der Waals surface area contributed by atoms with Crippen molar-refractivity contribution in [1.82, 2.24) is 4.90 Å². The lowest BCUT2D eigenvalue weighted by Crippen LogP contribution is -2.46. The van der Waals surface area contributed by atoms with Gasteiger partial charge in [0.25, 0.3) is 0 Å². The smallest absolute Gasteiger partial charge is 0.142 e. The highest BCUT2D eigenvalue weighted by atomic mass is 16.5. The number of hydrogen-bond acceptors (Lipinski definition) is 4. The van der Waals surface area contributed by atoms with Gasteiger partial charge < -0.3 is 15.2 Å². The number of hydrogen-bond donors (Lipinski definition) is 1. The van der Waals surface area contributed by atoms with Crippen LogP contribution in [0.3, 0.4) is 0 Å². The minimum absolute atomic E-state index is 0.323. The van der Waals surface area contributed by atoms with Crippen molar-refractivity contribution < 1.29 is 9.47 Å². The molecule has 0 bridgehead atoms. The van der Waals surface area contributed by atoms with Crippen molar-refractivity contribution in [3.63, 3.8) is 0 Å². The van der Waals surface area contributed by atoms with Crippen LogP contribution in [-0.4, -0.2) is 43.3 Å². The predicted molar refractivity (Wildman–Crippen MR) is 86.8 cm³/mol. The van der Waals surface area contributed by atoms with Crippen LogP contribution in [0.4, 0.5) is 5.69 Å². The van der Waals surface area contributed by atoms with Crippen molar-refractivity contribution in [3.05, 3.63) is 23.8 Å². The summed E-state index contributed by atoms with van der Waals surface area (Å²) in [4.78, 5) is 2.47. The summed E-state index contributed by atoms with van der Waals surface area (Å²) in [5.74, 6) is 0.800. The Morgan fingerprint density at radius 3 is 2.62 bits per heavy atom. The Hall–Kier alpha value is -1.26. The molecule has 4 heteroatoms. The molecule has 1 aliphatic rings. The van der Waals surface area contributed by atoms with Crippen LogP contribution in [0.2, 0.25) is 0 Å². The number of nitrogen functional groups attached to an aromatic ring is 1. The van der Waals surface area contributed by atoms with Gasteiger partial charge in [-0.3, -0.25) is 4.90 Å². The fraction of sp³-hybridized carbons (Fsp3) is 0.647. The first-order chi connectivity index (χ1) is 10.1. The standard InChI is InChI=1S/C17H28N2O2/c1-4-9-20-17-6-5-15(10-16(17)18)7-8-19-11-13(2)21-14(3)12-19/h5-6,10,13-14H,4,7-9,11-12,18H2,1-3H3. The Morgan fingerprint density at radius 1 is 1.29 bits per heavy atom. The summed E-state index contributed by atoms with van der Waals surface area (Å²) in [7, 11) is 0. The topological polar surface area (TPSA) is 47.7 Å². The lowest BCUT2D eigenvalue weighted by atomic mass is 10.1. The maximum Gasteiger partial charge on any atom is 0.142 e. The molecule has 0 spiro atoms. The zero-order valence-corrected chi connectivity index (χ0v) is 13.5. The van der Waals surface area contributed by atoms with Crippen molar-refractivity contribution in [3.8, 4) is 5.75 Å². The highest BCUT2D eigenvalue weighted by molar-refractivity contribution is 5.54. The summed E-state index contributed by atoms with van der Waals surface area (Å²) in [5.41, 5.74) is 8.06. The molecule has 1 heterocycles. The fourth-order valence-corrected chi connectivity index (χ4v) is 2.85. The number of benzene rings is 1. The zero-order valence-electron chi connectivity index (χ0n) is 13.5. The van der Waals surface area contributed by atoms with Crippen molar-refractivity contribution in [2.75, 3.05) is 32.0 Å². The van der Waals surface area contributed by atoms with Crippen molar-refractivity contribution in [1.29, 1.82) is 0 Å². The van der Waals surface area contributed by atoms with Gasteiger partial charge in [-0.05, 0) is 44.4 Å². The molecule has 118 valence electrons. The molecule has 0 saturated carbocycles. The van der Waals surface area contributed by atoms with E-state index >= 15 is 0 Å². The second-order valence-corrected chi connectivity index (χ2v) is 5.99. The molecule has 1 aliphatic heterocycles. The summed E-state index contributed by atoms with van der Waals surface area (Å²) in [5, 5.41) is 0. The minimum atomic E-state index is 0.323. The summed E-state index contributed by atoms with van der Waals surface area (Å²) in [6, 6.07) is 6.15. The van der Waals surface area contributed by atoms with Crippen LogP contribution in [0.15, 0.2) is 18.2 Å². The maximum absolute atomic E-state index is 6.06. The lowest BCUT2D eigenvalue weighted by Gasteiger charge is -2.35. The molecule has 0 amide bonds. The fourth-order valence-electron chi connectivity index (χ4n) is 2.85. The number of nitrogens with two attached hydrogens (primary N) is 1.